The third-order valence-corrected chi connectivity index (χ3v) is 2.41. The molecule has 0 atom stereocenters. The van der Waals surface area contributed by atoms with Crippen LogP contribution in [0.2, 0.25) is 0 Å². The van der Waals surface area contributed by atoms with Gasteiger partial charge >= 0.3 is 5.97 Å². The second kappa shape index (κ2) is 6.91. The topological polar surface area (TPSA) is 43.4 Å². The fourth-order valence-corrected chi connectivity index (χ4v) is 1.53. The quantitative estimate of drug-likeness (QED) is 0.366. The SMILES string of the molecule is CCOC(=O)CC(=O)c1ccccc1C#CC(C)(C)C. The van der Waals surface area contributed by atoms with E-state index < -0.39 is 5.97 Å². The molecule has 0 radical (unpaired) electrons. The number of benzene rings is 1. The van der Waals surface area contributed by atoms with Crippen LogP contribution in [0.4, 0.5) is 0 Å². The van der Waals surface area contributed by atoms with Gasteiger partial charge in [-0.3, -0.25) is 9.59 Å². The van der Waals surface area contributed by atoms with Gasteiger partial charge in [-0.1, -0.05) is 30.0 Å². The van der Waals surface area contributed by atoms with E-state index in [4.69, 9.17) is 4.74 Å². The van der Waals surface area contributed by atoms with Crippen molar-refractivity contribution in [2.75, 3.05) is 6.61 Å². The number of esters is 1. The number of carbonyl (C=O) groups is 2. The summed E-state index contributed by atoms with van der Waals surface area (Å²) >= 11 is 0. The van der Waals surface area contributed by atoms with Gasteiger partial charge in [0.1, 0.15) is 6.42 Å². The van der Waals surface area contributed by atoms with Gasteiger partial charge in [0.25, 0.3) is 0 Å². The van der Waals surface area contributed by atoms with Gasteiger partial charge in [-0.25, -0.2) is 0 Å². The molecular formula is C17H20O3. The normalized spacial score (nSPS) is 10.4. The van der Waals surface area contributed by atoms with Gasteiger partial charge in [-0.2, -0.15) is 0 Å². The molecule has 3 heteroatoms. The summed E-state index contributed by atoms with van der Waals surface area (Å²) in [6.45, 7) is 8.00. The van der Waals surface area contributed by atoms with Crippen molar-refractivity contribution in [3.05, 3.63) is 35.4 Å². The highest BCUT2D eigenvalue weighted by atomic mass is 16.5. The fraction of sp³-hybridized carbons (Fsp3) is 0.412. The first-order chi connectivity index (χ1) is 9.33. The van der Waals surface area contributed by atoms with Crippen LogP contribution >= 0.6 is 0 Å². The second-order valence-corrected chi connectivity index (χ2v) is 5.45. The van der Waals surface area contributed by atoms with Crippen LogP contribution in [0.15, 0.2) is 24.3 Å². The third-order valence-electron chi connectivity index (χ3n) is 2.41. The van der Waals surface area contributed by atoms with Gasteiger partial charge in [-0.15, -0.1) is 0 Å². The molecule has 0 fully saturated rings. The average Bonchev–Trinajstić information content (AvgIpc) is 2.36. The summed E-state index contributed by atoms with van der Waals surface area (Å²) in [5, 5.41) is 0. The molecule has 0 spiro atoms. The third kappa shape index (κ3) is 5.27. The Labute approximate surface area is 120 Å². The first kappa shape index (κ1) is 16.0. The Hall–Kier alpha value is -2.08. The van der Waals surface area contributed by atoms with E-state index in [-0.39, 0.29) is 24.2 Å². The number of Topliss-reactive ketones (excluding diaryl/α,β-unsaturated/α-hetero) is 1. The Balaban J connectivity index is 2.98. The van der Waals surface area contributed by atoms with Gasteiger partial charge in [0.2, 0.25) is 0 Å². The first-order valence-electron chi connectivity index (χ1n) is 6.64. The lowest BCUT2D eigenvalue weighted by molar-refractivity contribution is -0.141. The molecule has 0 aliphatic heterocycles. The highest BCUT2D eigenvalue weighted by Gasteiger charge is 2.15. The van der Waals surface area contributed by atoms with E-state index >= 15 is 0 Å². The van der Waals surface area contributed by atoms with Gasteiger partial charge in [0.15, 0.2) is 5.78 Å². The van der Waals surface area contributed by atoms with Crippen molar-refractivity contribution in [2.24, 2.45) is 5.41 Å². The number of ether oxygens (including phenoxy) is 1. The summed E-state index contributed by atoms with van der Waals surface area (Å²) in [6.07, 6.45) is -0.248. The van der Waals surface area contributed by atoms with Crippen LogP contribution in [0.1, 0.15) is 50.0 Å². The van der Waals surface area contributed by atoms with Crippen molar-refractivity contribution in [3.8, 4) is 11.8 Å². The number of carbonyl (C=O) groups excluding carboxylic acids is 2. The largest absolute Gasteiger partial charge is 0.466 e. The number of ketones is 1. The summed E-state index contributed by atoms with van der Waals surface area (Å²) < 4.78 is 4.79. The smallest absolute Gasteiger partial charge is 0.313 e. The fourth-order valence-electron chi connectivity index (χ4n) is 1.53. The molecule has 0 saturated carbocycles. The molecule has 0 bridgehead atoms. The summed E-state index contributed by atoms with van der Waals surface area (Å²) in [5.74, 6) is 5.34. The van der Waals surface area contributed by atoms with Crippen molar-refractivity contribution in [3.63, 3.8) is 0 Å². The molecule has 0 aliphatic rings. The molecule has 0 unspecified atom stereocenters. The molecule has 20 heavy (non-hydrogen) atoms. The van der Waals surface area contributed by atoms with Crippen LogP contribution in [0, 0.1) is 17.3 Å². The summed E-state index contributed by atoms with van der Waals surface area (Å²) in [4.78, 5) is 23.5. The molecule has 0 amide bonds. The van der Waals surface area contributed by atoms with Crippen molar-refractivity contribution >= 4 is 11.8 Å². The molecule has 0 N–H and O–H groups in total. The molecule has 1 aromatic carbocycles. The van der Waals surface area contributed by atoms with Gasteiger partial charge in [0, 0.05) is 16.5 Å². The number of hydrogen-bond acceptors (Lipinski definition) is 3. The Morgan fingerprint density at radius 2 is 1.85 bits per heavy atom. The van der Waals surface area contributed by atoms with E-state index in [9.17, 15) is 9.59 Å². The average molecular weight is 272 g/mol. The standard InChI is InChI=1S/C17H20O3/c1-5-20-16(19)12-15(18)14-9-7-6-8-13(14)10-11-17(2,3)4/h6-9H,5,12H2,1-4H3. The second-order valence-electron chi connectivity index (χ2n) is 5.45. The molecule has 1 aromatic rings. The summed E-state index contributed by atoms with van der Waals surface area (Å²) in [5.41, 5.74) is 0.978. The molecule has 0 saturated heterocycles. The highest BCUT2D eigenvalue weighted by Crippen LogP contribution is 2.14. The van der Waals surface area contributed by atoms with E-state index in [1.54, 1.807) is 25.1 Å². The zero-order valence-corrected chi connectivity index (χ0v) is 12.4. The maximum atomic E-state index is 12.1. The molecule has 0 heterocycles. The minimum absolute atomic E-state index is 0.142. The minimum Gasteiger partial charge on any atom is -0.466 e. The number of rotatable bonds is 4. The Bertz CT molecular complexity index is 554. The molecule has 1 rings (SSSR count). The van der Waals surface area contributed by atoms with Crippen LogP contribution in [0.3, 0.4) is 0 Å². The lowest BCUT2D eigenvalue weighted by Crippen LogP contribution is -2.12. The molecule has 0 aliphatic carbocycles. The Kier molecular flexibility index (Phi) is 5.52. The van der Waals surface area contributed by atoms with Crippen LogP contribution < -0.4 is 0 Å². The predicted octanol–water partition coefficient (Wildman–Crippen LogP) is 3.22. The molecule has 0 aromatic heterocycles. The lowest BCUT2D eigenvalue weighted by atomic mass is 9.96. The predicted molar refractivity (Wildman–Crippen MR) is 78.4 cm³/mol. The molecule has 3 nitrogen and oxygen atoms in total. The molecule has 106 valence electrons. The van der Waals surface area contributed by atoms with Crippen LogP contribution in [0.25, 0.3) is 0 Å². The van der Waals surface area contributed by atoms with Gasteiger partial charge in [-0.05, 0) is 33.8 Å². The van der Waals surface area contributed by atoms with E-state index in [2.05, 4.69) is 11.8 Å². The summed E-state index contributed by atoms with van der Waals surface area (Å²) in [7, 11) is 0. The zero-order valence-electron chi connectivity index (χ0n) is 12.4. The van der Waals surface area contributed by atoms with Crippen molar-refractivity contribution in [1.82, 2.24) is 0 Å². The maximum absolute atomic E-state index is 12.1. The van der Waals surface area contributed by atoms with E-state index in [0.29, 0.717) is 11.1 Å². The molecular weight excluding hydrogens is 252 g/mol. The Morgan fingerprint density at radius 1 is 1.20 bits per heavy atom. The van der Waals surface area contributed by atoms with E-state index in [1.807, 2.05) is 26.8 Å². The van der Waals surface area contributed by atoms with Crippen LogP contribution in [-0.2, 0) is 9.53 Å². The van der Waals surface area contributed by atoms with Crippen molar-refractivity contribution in [2.45, 2.75) is 34.1 Å². The monoisotopic (exact) mass is 272 g/mol. The highest BCUT2D eigenvalue weighted by molar-refractivity contribution is 6.07. The van der Waals surface area contributed by atoms with E-state index in [0.717, 1.165) is 0 Å². The van der Waals surface area contributed by atoms with Crippen LogP contribution in [-0.4, -0.2) is 18.4 Å². The van der Waals surface area contributed by atoms with Gasteiger partial charge < -0.3 is 4.74 Å². The van der Waals surface area contributed by atoms with Crippen molar-refractivity contribution < 1.29 is 14.3 Å². The lowest BCUT2D eigenvalue weighted by Gasteiger charge is -2.08. The van der Waals surface area contributed by atoms with Crippen LogP contribution in [0.5, 0.6) is 0 Å². The van der Waals surface area contributed by atoms with E-state index in [1.165, 1.54) is 0 Å². The zero-order chi connectivity index (χ0) is 15.2. The van der Waals surface area contributed by atoms with Crippen molar-refractivity contribution in [1.29, 1.82) is 0 Å². The maximum Gasteiger partial charge on any atom is 0.313 e. The first-order valence-corrected chi connectivity index (χ1v) is 6.64. The number of hydrogen-bond donors (Lipinski definition) is 0. The Morgan fingerprint density at radius 3 is 2.45 bits per heavy atom. The minimum atomic E-state index is -0.504. The van der Waals surface area contributed by atoms with Gasteiger partial charge in [0.05, 0.1) is 6.61 Å². The summed E-state index contributed by atoms with van der Waals surface area (Å²) in [6, 6.07) is 7.07.